The number of fused-ring (bicyclic) bond motifs is 3. The van der Waals surface area contributed by atoms with Crippen molar-refractivity contribution in [2.45, 2.75) is 26.2 Å². The van der Waals surface area contributed by atoms with Gasteiger partial charge >= 0.3 is 0 Å². The van der Waals surface area contributed by atoms with E-state index < -0.39 is 5.91 Å². The highest BCUT2D eigenvalue weighted by molar-refractivity contribution is 7.18. The van der Waals surface area contributed by atoms with Gasteiger partial charge in [0.15, 0.2) is 5.82 Å². The highest BCUT2D eigenvalue weighted by Gasteiger charge is 2.25. The third kappa shape index (κ3) is 3.31. The van der Waals surface area contributed by atoms with Crippen LogP contribution < -0.4 is 10.5 Å². The number of primary amides is 1. The van der Waals surface area contributed by atoms with Gasteiger partial charge in [-0.1, -0.05) is 19.1 Å². The van der Waals surface area contributed by atoms with Crippen LogP contribution in [0.25, 0.3) is 21.6 Å². The van der Waals surface area contributed by atoms with Crippen molar-refractivity contribution in [3.05, 3.63) is 64.8 Å². The number of aromatic nitrogens is 3. The van der Waals surface area contributed by atoms with Crippen LogP contribution in [0.3, 0.4) is 0 Å². The SMILES string of the molecule is C[C@@H]1CCc2c(sc3nc(-c4cccnc4)nc(Oc4ccccc4C(N)=O)c23)C1. The van der Waals surface area contributed by atoms with Gasteiger partial charge in [0, 0.05) is 22.8 Å². The summed E-state index contributed by atoms with van der Waals surface area (Å²) in [6, 6.07) is 10.7. The zero-order valence-corrected chi connectivity index (χ0v) is 17.3. The Labute approximate surface area is 177 Å². The van der Waals surface area contributed by atoms with E-state index >= 15 is 0 Å². The highest BCUT2D eigenvalue weighted by Crippen LogP contribution is 2.43. The number of ether oxygens (including phenoxy) is 1. The lowest BCUT2D eigenvalue weighted by Gasteiger charge is -2.18. The Morgan fingerprint density at radius 3 is 2.87 bits per heavy atom. The van der Waals surface area contributed by atoms with E-state index in [1.54, 1.807) is 41.9 Å². The quantitative estimate of drug-likeness (QED) is 0.517. The fourth-order valence-corrected chi connectivity index (χ4v) is 5.24. The van der Waals surface area contributed by atoms with Crippen molar-refractivity contribution in [1.82, 2.24) is 15.0 Å². The minimum absolute atomic E-state index is 0.324. The predicted octanol–water partition coefficient (Wildman–Crippen LogP) is 4.77. The van der Waals surface area contributed by atoms with Crippen LogP contribution >= 0.6 is 11.3 Å². The number of pyridine rings is 1. The maximum absolute atomic E-state index is 11.9. The van der Waals surface area contributed by atoms with Crippen molar-refractivity contribution in [3.63, 3.8) is 0 Å². The van der Waals surface area contributed by atoms with E-state index in [0.717, 1.165) is 35.0 Å². The monoisotopic (exact) mass is 416 g/mol. The van der Waals surface area contributed by atoms with Gasteiger partial charge in [0.25, 0.3) is 5.91 Å². The predicted molar refractivity (Wildman–Crippen MR) is 117 cm³/mol. The molecule has 1 aliphatic carbocycles. The van der Waals surface area contributed by atoms with Gasteiger partial charge in [-0.3, -0.25) is 9.78 Å². The molecule has 3 aromatic heterocycles. The molecule has 1 amide bonds. The van der Waals surface area contributed by atoms with Gasteiger partial charge in [-0.25, -0.2) is 4.98 Å². The molecule has 7 heteroatoms. The number of nitrogens with zero attached hydrogens (tertiary/aromatic N) is 3. The number of benzene rings is 1. The molecule has 0 bridgehead atoms. The van der Waals surface area contributed by atoms with E-state index in [0.29, 0.717) is 28.9 Å². The fraction of sp³-hybridized carbons (Fsp3) is 0.217. The largest absolute Gasteiger partial charge is 0.437 e. The first-order chi connectivity index (χ1) is 14.6. The number of carbonyl (C=O) groups excluding carboxylic acids is 1. The fourth-order valence-electron chi connectivity index (χ4n) is 3.87. The van der Waals surface area contributed by atoms with E-state index in [1.807, 2.05) is 18.2 Å². The Morgan fingerprint density at radius 1 is 1.20 bits per heavy atom. The lowest BCUT2D eigenvalue weighted by atomic mass is 9.89. The minimum Gasteiger partial charge on any atom is -0.437 e. The molecule has 0 radical (unpaired) electrons. The number of rotatable bonds is 4. The molecule has 30 heavy (non-hydrogen) atoms. The third-order valence-electron chi connectivity index (χ3n) is 5.40. The molecule has 1 aromatic carbocycles. The van der Waals surface area contributed by atoms with Crippen LogP contribution in [-0.2, 0) is 12.8 Å². The molecule has 0 saturated carbocycles. The van der Waals surface area contributed by atoms with Crippen LogP contribution in [0.15, 0.2) is 48.8 Å². The maximum Gasteiger partial charge on any atom is 0.252 e. The maximum atomic E-state index is 11.9. The third-order valence-corrected chi connectivity index (χ3v) is 6.55. The standard InChI is InChI=1S/C23H20N4O2S/c1-13-8-9-16-18(11-13)30-23-19(16)22(26-21(27-23)14-5-4-10-25-12-14)29-17-7-3-2-6-15(17)20(24)28/h2-7,10,12-13H,8-9,11H2,1H3,(H2,24,28)/t13-/m1/s1. The first-order valence-electron chi connectivity index (χ1n) is 9.89. The number of amides is 1. The van der Waals surface area contributed by atoms with Gasteiger partial charge in [-0.05, 0) is 55.0 Å². The van der Waals surface area contributed by atoms with E-state index in [-0.39, 0.29) is 0 Å². The average Bonchev–Trinajstić information content (AvgIpc) is 3.12. The summed E-state index contributed by atoms with van der Waals surface area (Å²) in [4.78, 5) is 27.9. The van der Waals surface area contributed by atoms with Gasteiger partial charge in [0.05, 0.1) is 10.9 Å². The van der Waals surface area contributed by atoms with Gasteiger partial charge in [0.2, 0.25) is 5.88 Å². The zero-order valence-electron chi connectivity index (χ0n) is 16.5. The molecule has 0 aliphatic heterocycles. The smallest absolute Gasteiger partial charge is 0.252 e. The van der Waals surface area contributed by atoms with Crippen molar-refractivity contribution < 1.29 is 9.53 Å². The van der Waals surface area contributed by atoms with Crippen molar-refractivity contribution >= 4 is 27.5 Å². The van der Waals surface area contributed by atoms with E-state index in [9.17, 15) is 4.79 Å². The lowest BCUT2D eigenvalue weighted by Crippen LogP contribution is -2.12. The van der Waals surface area contributed by atoms with Crippen LogP contribution in [0, 0.1) is 5.92 Å². The van der Waals surface area contributed by atoms with Crippen LogP contribution in [0.5, 0.6) is 11.6 Å². The van der Waals surface area contributed by atoms with Crippen LogP contribution in [-0.4, -0.2) is 20.9 Å². The van der Waals surface area contributed by atoms with Crippen LogP contribution in [0.2, 0.25) is 0 Å². The number of hydrogen-bond acceptors (Lipinski definition) is 6. The first kappa shape index (κ1) is 18.7. The first-order valence-corrected chi connectivity index (χ1v) is 10.7. The molecule has 0 saturated heterocycles. The minimum atomic E-state index is -0.537. The van der Waals surface area contributed by atoms with Gasteiger partial charge < -0.3 is 10.5 Å². The molecule has 0 unspecified atom stereocenters. The summed E-state index contributed by atoms with van der Waals surface area (Å²) >= 11 is 1.70. The average molecular weight is 417 g/mol. The summed E-state index contributed by atoms with van der Waals surface area (Å²) in [5.41, 5.74) is 7.95. The highest BCUT2D eigenvalue weighted by atomic mass is 32.1. The molecule has 150 valence electrons. The second kappa shape index (κ2) is 7.50. The molecule has 1 aliphatic rings. The zero-order chi connectivity index (χ0) is 20.7. The Hall–Kier alpha value is -3.32. The molecule has 1 atom stereocenters. The summed E-state index contributed by atoms with van der Waals surface area (Å²) in [7, 11) is 0. The van der Waals surface area contributed by atoms with E-state index in [1.165, 1.54) is 10.4 Å². The van der Waals surface area contributed by atoms with Crippen molar-refractivity contribution in [2.75, 3.05) is 0 Å². The Balaban J connectivity index is 1.71. The molecular weight excluding hydrogens is 396 g/mol. The summed E-state index contributed by atoms with van der Waals surface area (Å²) in [5.74, 6) is 1.51. The van der Waals surface area contributed by atoms with Crippen molar-refractivity contribution in [3.8, 4) is 23.0 Å². The second-order valence-electron chi connectivity index (χ2n) is 7.59. The topological polar surface area (TPSA) is 91.0 Å². The van der Waals surface area contributed by atoms with E-state index in [2.05, 4.69) is 11.9 Å². The Morgan fingerprint density at radius 2 is 2.07 bits per heavy atom. The molecule has 0 spiro atoms. The number of aryl methyl sites for hydroxylation is 1. The number of carbonyl (C=O) groups is 1. The normalized spacial score (nSPS) is 15.7. The molecule has 6 nitrogen and oxygen atoms in total. The van der Waals surface area contributed by atoms with Gasteiger partial charge in [-0.15, -0.1) is 11.3 Å². The van der Waals surface area contributed by atoms with E-state index in [4.69, 9.17) is 20.4 Å². The molecule has 3 heterocycles. The van der Waals surface area contributed by atoms with Crippen LogP contribution in [0.4, 0.5) is 0 Å². The Kier molecular flexibility index (Phi) is 4.67. The molecule has 0 fully saturated rings. The van der Waals surface area contributed by atoms with Crippen molar-refractivity contribution in [2.24, 2.45) is 11.7 Å². The number of para-hydroxylation sites is 1. The van der Waals surface area contributed by atoms with Crippen molar-refractivity contribution in [1.29, 1.82) is 0 Å². The number of thiophene rings is 1. The number of nitrogens with two attached hydrogens (primary N) is 1. The Bertz CT molecular complexity index is 1250. The van der Waals surface area contributed by atoms with Gasteiger partial charge in [0.1, 0.15) is 10.6 Å². The molecule has 5 rings (SSSR count). The van der Waals surface area contributed by atoms with Crippen LogP contribution in [0.1, 0.15) is 34.1 Å². The summed E-state index contributed by atoms with van der Waals surface area (Å²) in [6.07, 6.45) is 6.59. The van der Waals surface area contributed by atoms with Gasteiger partial charge in [-0.2, -0.15) is 4.98 Å². The molecule has 4 aromatic rings. The second-order valence-corrected chi connectivity index (χ2v) is 8.67. The number of hydrogen-bond donors (Lipinski definition) is 1. The lowest BCUT2D eigenvalue weighted by molar-refractivity contribution is 0.0998. The summed E-state index contributed by atoms with van der Waals surface area (Å²) in [6.45, 7) is 2.28. The summed E-state index contributed by atoms with van der Waals surface area (Å²) < 4.78 is 6.23. The molecular formula is C23H20N4O2S. The summed E-state index contributed by atoms with van der Waals surface area (Å²) in [5, 5.41) is 0.939. The molecule has 2 N–H and O–H groups in total.